The third-order valence-corrected chi connectivity index (χ3v) is 9.29. The van der Waals surface area contributed by atoms with Crippen LogP contribution in [-0.4, -0.2) is 47.1 Å². The van der Waals surface area contributed by atoms with Crippen LogP contribution in [0.15, 0.2) is 24.3 Å². The Morgan fingerprint density at radius 3 is 2.47 bits per heavy atom. The number of aliphatic hydroxyl groups is 1. The largest absolute Gasteiger partial charge is 0.387 e. The summed E-state index contributed by atoms with van der Waals surface area (Å²) in [5, 5.41) is 12.0. The molecule has 162 valence electrons. The average Bonchev–Trinajstić information content (AvgIpc) is 2.76. The van der Waals surface area contributed by atoms with Crippen LogP contribution in [0, 0.1) is 34.0 Å². The number of carbonyl (C=O) groups excluding carboxylic acids is 2. The second-order valence-electron chi connectivity index (χ2n) is 11.5. The van der Waals surface area contributed by atoms with Crippen molar-refractivity contribution < 1.29 is 28.9 Å². The second-order valence-corrected chi connectivity index (χ2v) is 11.5. The lowest BCUT2D eigenvalue weighted by Crippen LogP contribution is -2.88. The molecule has 3 saturated heterocycles. The lowest BCUT2D eigenvalue weighted by molar-refractivity contribution is -0.523. The predicted molar refractivity (Wildman–Crippen MR) is 106 cm³/mol. The van der Waals surface area contributed by atoms with Gasteiger partial charge < -0.3 is 19.3 Å². The molecule has 7 fully saturated rings. The van der Waals surface area contributed by atoms with Gasteiger partial charge in [0.05, 0.1) is 18.1 Å². The number of hydrogen-bond donors (Lipinski definition) is 1. The summed E-state index contributed by atoms with van der Waals surface area (Å²) < 4.78 is 19.2. The van der Waals surface area contributed by atoms with Gasteiger partial charge in [0.25, 0.3) is 0 Å². The Morgan fingerprint density at radius 1 is 1.07 bits per heavy atom. The van der Waals surface area contributed by atoms with Gasteiger partial charge in [-0.1, -0.05) is 27.0 Å². The molecule has 0 amide bonds. The van der Waals surface area contributed by atoms with E-state index in [2.05, 4.69) is 27.0 Å². The Morgan fingerprint density at radius 2 is 1.77 bits per heavy atom. The van der Waals surface area contributed by atoms with Crippen LogP contribution in [-0.2, 0) is 23.8 Å². The van der Waals surface area contributed by atoms with Gasteiger partial charge in [0, 0.05) is 11.8 Å². The zero-order chi connectivity index (χ0) is 21.6. The fourth-order valence-electron chi connectivity index (χ4n) is 8.77. The number of ether oxygens (including phenoxy) is 3. The van der Waals surface area contributed by atoms with Crippen LogP contribution in [0.25, 0.3) is 0 Å². The molecule has 0 radical (unpaired) electrons. The molecule has 7 aliphatic rings. The average molecular weight is 414 g/mol. The van der Waals surface area contributed by atoms with E-state index in [4.69, 9.17) is 14.2 Å². The number of rotatable bonds is 0. The molecule has 4 bridgehead atoms. The van der Waals surface area contributed by atoms with Crippen LogP contribution in [0.1, 0.15) is 47.0 Å². The monoisotopic (exact) mass is 414 g/mol. The molecule has 3 heterocycles. The van der Waals surface area contributed by atoms with E-state index >= 15 is 0 Å². The van der Waals surface area contributed by atoms with Gasteiger partial charge in [0.1, 0.15) is 11.5 Å². The van der Waals surface area contributed by atoms with E-state index in [0.717, 1.165) is 6.42 Å². The zero-order valence-electron chi connectivity index (χ0n) is 18.1. The highest BCUT2D eigenvalue weighted by atomic mass is 16.8. The van der Waals surface area contributed by atoms with Crippen LogP contribution in [0.4, 0.5) is 0 Å². The van der Waals surface area contributed by atoms with Crippen LogP contribution < -0.4 is 0 Å². The van der Waals surface area contributed by atoms with Gasteiger partial charge in [0.2, 0.25) is 5.79 Å². The molecule has 1 N–H and O–H groups in total. The Labute approximate surface area is 176 Å². The summed E-state index contributed by atoms with van der Waals surface area (Å²) in [6, 6.07) is 0. The van der Waals surface area contributed by atoms with Gasteiger partial charge in [-0.05, 0) is 55.6 Å². The van der Waals surface area contributed by atoms with E-state index in [0.29, 0.717) is 24.0 Å². The van der Waals surface area contributed by atoms with Crippen LogP contribution >= 0.6 is 0 Å². The van der Waals surface area contributed by atoms with Crippen LogP contribution in [0.3, 0.4) is 0 Å². The molecule has 1 unspecified atom stereocenters. The molecular formula is C24H30O6. The molecule has 0 aromatic carbocycles. The summed E-state index contributed by atoms with van der Waals surface area (Å²) in [6.45, 7) is 16.1. The molecule has 0 aromatic heterocycles. The molecule has 8 atom stereocenters. The Hall–Kier alpha value is -1.34. The fraction of sp³-hybridized carbons (Fsp3) is 0.750. The van der Waals surface area contributed by atoms with E-state index in [-0.39, 0.29) is 41.3 Å². The van der Waals surface area contributed by atoms with E-state index < -0.39 is 34.6 Å². The van der Waals surface area contributed by atoms with E-state index in [9.17, 15) is 14.7 Å². The number of ketones is 2. The fourth-order valence-corrected chi connectivity index (χ4v) is 8.77. The molecule has 3 spiro atoms. The van der Waals surface area contributed by atoms with Crippen LogP contribution in [0.2, 0.25) is 0 Å². The zero-order valence-corrected chi connectivity index (χ0v) is 18.1. The second kappa shape index (κ2) is 5.01. The summed E-state index contributed by atoms with van der Waals surface area (Å²) in [4.78, 5) is 27.8. The first-order valence-corrected chi connectivity index (χ1v) is 11.0. The molecule has 7 rings (SSSR count). The molecule has 6 heteroatoms. The predicted octanol–water partition coefficient (Wildman–Crippen LogP) is 2.55. The van der Waals surface area contributed by atoms with E-state index in [1.165, 1.54) is 0 Å². The SMILES string of the molecule is C=C1CC(C)(C)[C@H]2[C@H](O)[C@@]34OC[C@]2(C1=O)[C@@H]1CC[C@H]2C(=C)C(=O)[C@]13C2OC(C)(C)O4. The number of Topliss-reactive ketones (excluding diaryl/α,β-unsaturated/α-hetero) is 2. The number of hydrogen-bond acceptors (Lipinski definition) is 6. The summed E-state index contributed by atoms with van der Waals surface area (Å²) >= 11 is 0. The maximum absolute atomic E-state index is 13.9. The van der Waals surface area contributed by atoms with Gasteiger partial charge >= 0.3 is 0 Å². The third-order valence-electron chi connectivity index (χ3n) is 9.29. The highest BCUT2D eigenvalue weighted by Crippen LogP contribution is 2.78. The van der Waals surface area contributed by atoms with Crippen molar-refractivity contribution in [1.82, 2.24) is 0 Å². The first kappa shape index (κ1) is 19.4. The normalized spacial score (nSPS) is 54.8. The molecular weight excluding hydrogens is 384 g/mol. The Bertz CT molecular complexity index is 947. The van der Waals surface area contributed by atoms with Gasteiger partial charge in [-0.2, -0.15) is 0 Å². The highest BCUT2D eigenvalue weighted by molar-refractivity contribution is 6.08. The lowest BCUT2D eigenvalue weighted by atomic mass is 9.35. The maximum atomic E-state index is 13.9. The van der Waals surface area contributed by atoms with Crippen molar-refractivity contribution >= 4 is 11.6 Å². The Balaban J connectivity index is 1.70. The quantitative estimate of drug-likeness (QED) is 0.614. The van der Waals surface area contributed by atoms with Crippen molar-refractivity contribution in [2.24, 2.45) is 34.0 Å². The first-order valence-electron chi connectivity index (χ1n) is 11.0. The molecule has 6 nitrogen and oxygen atoms in total. The summed E-state index contributed by atoms with van der Waals surface area (Å²) in [5.74, 6) is -3.67. The van der Waals surface area contributed by atoms with Gasteiger partial charge in [-0.25, -0.2) is 0 Å². The molecule has 4 saturated carbocycles. The number of carbonyl (C=O) groups is 2. The summed E-state index contributed by atoms with van der Waals surface area (Å²) in [5.41, 5.74) is -1.57. The summed E-state index contributed by atoms with van der Waals surface area (Å²) in [6.07, 6.45) is 0.284. The standard InChI is InChI=1S/C24H30O6/c1-11-9-20(3,4)15-18(27)24-23-14(22(15,10-28-24)16(11)25)8-7-13(12(2)17(23)26)19(23)29-21(5,6)30-24/h13-15,18-19,27H,1-2,7-10H2,3-6H3/t13-,14-,15+,18-,19?,22-,23-,24-/m0/s1. The minimum Gasteiger partial charge on any atom is -0.387 e. The number of fused-ring (bicyclic) bond motifs is 1. The van der Waals surface area contributed by atoms with Crippen molar-refractivity contribution in [1.29, 1.82) is 0 Å². The topological polar surface area (TPSA) is 82.1 Å². The van der Waals surface area contributed by atoms with Crippen molar-refractivity contribution in [3.63, 3.8) is 0 Å². The number of aliphatic hydroxyl groups excluding tert-OH is 1. The van der Waals surface area contributed by atoms with Gasteiger partial charge in [-0.15, -0.1) is 0 Å². The molecule has 3 aliphatic heterocycles. The molecule has 4 aliphatic carbocycles. The van der Waals surface area contributed by atoms with E-state index in [1.54, 1.807) is 13.8 Å². The smallest absolute Gasteiger partial charge is 0.213 e. The first-order chi connectivity index (χ1) is 13.9. The van der Waals surface area contributed by atoms with Crippen molar-refractivity contribution in [3.8, 4) is 0 Å². The summed E-state index contributed by atoms with van der Waals surface area (Å²) in [7, 11) is 0. The van der Waals surface area contributed by atoms with E-state index in [1.807, 2.05) is 0 Å². The minimum atomic E-state index is -1.54. The lowest BCUT2D eigenvalue weighted by Gasteiger charge is -2.76. The number of allylic oxidation sites excluding steroid dienone is 1. The van der Waals surface area contributed by atoms with Gasteiger partial charge in [-0.3, -0.25) is 9.59 Å². The third kappa shape index (κ3) is 1.63. The van der Waals surface area contributed by atoms with Crippen molar-refractivity contribution in [2.45, 2.75) is 70.7 Å². The highest BCUT2D eigenvalue weighted by Gasteiger charge is 2.90. The molecule has 0 aromatic rings. The van der Waals surface area contributed by atoms with Crippen LogP contribution in [0.5, 0.6) is 0 Å². The molecule has 30 heavy (non-hydrogen) atoms. The van der Waals surface area contributed by atoms with Gasteiger partial charge in [0.15, 0.2) is 17.4 Å². The van der Waals surface area contributed by atoms with Crippen molar-refractivity contribution in [2.75, 3.05) is 6.61 Å². The van der Waals surface area contributed by atoms with Crippen molar-refractivity contribution in [3.05, 3.63) is 24.3 Å². The maximum Gasteiger partial charge on any atom is 0.213 e. The Kier molecular flexibility index (Phi) is 3.23. The minimum absolute atomic E-state index is 0.0640.